The van der Waals surface area contributed by atoms with Crippen LogP contribution in [-0.2, 0) is 0 Å². The van der Waals surface area contributed by atoms with Crippen molar-refractivity contribution in [2.45, 2.75) is 6.18 Å². The van der Waals surface area contributed by atoms with Crippen LogP contribution in [0.5, 0.6) is 0 Å². The van der Waals surface area contributed by atoms with Crippen LogP contribution in [0.3, 0.4) is 0 Å². The standard InChI is InChI=1S/C12H14ClF3N2/c13-10-1-3-11(4-2-10)18-7-5-17(6-8-18)9-12(14,15)16/h1-4H,5-9H2. The van der Waals surface area contributed by atoms with Crippen molar-refractivity contribution in [3.63, 3.8) is 0 Å². The molecule has 0 bridgehead atoms. The van der Waals surface area contributed by atoms with Crippen LogP contribution in [0.2, 0.25) is 5.02 Å². The van der Waals surface area contributed by atoms with E-state index in [0.29, 0.717) is 31.2 Å². The quantitative estimate of drug-likeness (QED) is 0.820. The van der Waals surface area contributed by atoms with Crippen molar-refractivity contribution in [2.24, 2.45) is 0 Å². The van der Waals surface area contributed by atoms with E-state index in [0.717, 1.165) is 5.69 Å². The minimum absolute atomic E-state index is 0.433. The smallest absolute Gasteiger partial charge is 0.369 e. The van der Waals surface area contributed by atoms with Gasteiger partial charge in [-0.15, -0.1) is 0 Å². The maximum atomic E-state index is 12.2. The first-order chi connectivity index (χ1) is 8.44. The minimum Gasteiger partial charge on any atom is -0.369 e. The molecule has 1 aliphatic heterocycles. The third-order valence-corrected chi connectivity index (χ3v) is 3.22. The lowest BCUT2D eigenvalue weighted by Crippen LogP contribution is -2.49. The Balaban J connectivity index is 1.88. The van der Waals surface area contributed by atoms with Gasteiger partial charge in [-0.3, -0.25) is 4.90 Å². The van der Waals surface area contributed by atoms with Crippen molar-refractivity contribution in [3.05, 3.63) is 29.3 Å². The van der Waals surface area contributed by atoms with E-state index in [-0.39, 0.29) is 0 Å². The summed E-state index contributed by atoms with van der Waals surface area (Å²) in [4.78, 5) is 3.51. The molecular weight excluding hydrogens is 265 g/mol. The Labute approximate surface area is 109 Å². The molecule has 18 heavy (non-hydrogen) atoms. The summed E-state index contributed by atoms with van der Waals surface area (Å²) in [5, 5.41) is 0.662. The molecule has 1 fully saturated rings. The second-order valence-electron chi connectivity index (χ2n) is 4.35. The van der Waals surface area contributed by atoms with Gasteiger partial charge in [0.1, 0.15) is 0 Å². The number of benzene rings is 1. The Morgan fingerprint density at radius 3 is 2.06 bits per heavy atom. The fourth-order valence-corrected chi connectivity index (χ4v) is 2.20. The highest BCUT2D eigenvalue weighted by Crippen LogP contribution is 2.21. The fourth-order valence-electron chi connectivity index (χ4n) is 2.07. The molecular formula is C12H14ClF3N2. The first-order valence-electron chi connectivity index (χ1n) is 5.74. The van der Waals surface area contributed by atoms with Crippen LogP contribution < -0.4 is 4.90 Å². The van der Waals surface area contributed by atoms with Gasteiger partial charge in [0.2, 0.25) is 0 Å². The van der Waals surface area contributed by atoms with Crippen LogP contribution in [-0.4, -0.2) is 43.8 Å². The third-order valence-electron chi connectivity index (χ3n) is 2.97. The van der Waals surface area contributed by atoms with E-state index in [1.54, 1.807) is 12.1 Å². The molecule has 0 saturated carbocycles. The zero-order valence-corrected chi connectivity index (χ0v) is 10.5. The van der Waals surface area contributed by atoms with Gasteiger partial charge in [-0.2, -0.15) is 13.2 Å². The van der Waals surface area contributed by atoms with Crippen LogP contribution in [0, 0.1) is 0 Å². The average Bonchev–Trinajstić information content (AvgIpc) is 2.29. The monoisotopic (exact) mass is 278 g/mol. The number of halogens is 4. The van der Waals surface area contributed by atoms with Gasteiger partial charge in [0, 0.05) is 36.9 Å². The lowest BCUT2D eigenvalue weighted by Gasteiger charge is -2.36. The Hall–Kier alpha value is -0.940. The van der Waals surface area contributed by atoms with Crippen molar-refractivity contribution in [2.75, 3.05) is 37.6 Å². The van der Waals surface area contributed by atoms with Gasteiger partial charge in [-0.05, 0) is 24.3 Å². The third kappa shape index (κ3) is 3.78. The summed E-state index contributed by atoms with van der Waals surface area (Å²) in [6.45, 7) is 1.27. The molecule has 0 atom stereocenters. The van der Waals surface area contributed by atoms with Gasteiger partial charge in [0.25, 0.3) is 0 Å². The molecule has 0 aliphatic carbocycles. The molecule has 2 nitrogen and oxygen atoms in total. The van der Waals surface area contributed by atoms with Gasteiger partial charge in [0.05, 0.1) is 6.54 Å². The predicted molar refractivity (Wildman–Crippen MR) is 66.2 cm³/mol. The molecule has 0 unspecified atom stereocenters. The zero-order chi connectivity index (χ0) is 13.2. The Kier molecular flexibility index (Phi) is 4.02. The number of hydrogen-bond donors (Lipinski definition) is 0. The van der Waals surface area contributed by atoms with E-state index in [9.17, 15) is 13.2 Å². The second-order valence-corrected chi connectivity index (χ2v) is 4.79. The van der Waals surface area contributed by atoms with Crippen molar-refractivity contribution >= 4 is 17.3 Å². The van der Waals surface area contributed by atoms with Gasteiger partial charge in [-0.1, -0.05) is 11.6 Å². The molecule has 100 valence electrons. The highest BCUT2D eigenvalue weighted by molar-refractivity contribution is 6.30. The SMILES string of the molecule is FC(F)(F)CN1CCN(c2ccc(Cl)cc2)CC1. The van der Waals surface area contributed by atoms with Crippen molar-refractivity contribution in [1.82, 2.24) is 4.90 Å². The Bertz CT molecular complexity index is 383. The molecule has 1 heterocycles. The van der Waals surface area contributed by atoms with Crippen molar-refractivity contribution < 1.29 is 13.2 Å². The predicted octanol–water partition coefficient (Wildman–Crippen LogP) is 3.02. The number of nitrogens with zero attached hydrogens (tertiary/aromatic N) is 2. The highest BCUT2D eigenvalue weighted by Gasteiger charge is 2.32. The van der Waals surface area contributed by atoms with Crippen LogP contribution in [0.4, 0.5) is 18.9 Å². The topological polar surface area (TPSA) is 6.48 Å². The van der Waals surface area contributed by atoms with Crippen molar-refractivity contribution in [3.8, 4) is 0 Å². The van der Waals surface area contributed by atoms with Gasteiger partial charge in [-0.25, -0.2) is 0 Å². The molecule has 0 aromatic heterocycles. The van der Waals surface area contributed by atoms with Crippen LogP contribution in [0.1, 0.15) is 0 Å². The normalized spacial score (nSPS) is 18.1. The molecule has 6 heteroatoms. The maximum Gasteiger partial charge on any atom is 0.401 e. The van der Waals surface area contributed by atoms with E-state index in [1.807, 2.05) is 12.1 Å². The summed E-state index contributed by atoms with van der Waals surface area (Å²) in [6, 6.07) is 7.36. The van der Waals surface area contributed by atoms with Crippen LogP contribution in [0.25, 0.3) is 0 Å². The molecule has 1 aliphatic rings. The first-order valence-corrected chi connectivity index (χ1v) is 6.11. The molecule has 0 N–H and O–H groups in total. The molecule has 0 amide bonds. The van der Waals surface area contributed by atoms with E-state index >= 15 is 0 Å². The van der Waals surface area contributed by atoms with E-state index < -0.39 is 12.7 Å². The fraction of sp³-hybridized carbons (Fsp3) is 0.500. The largest absolute Gasteiger partial charge is 0.401 e. The lowest BCUT2D eigenvalue weighted by atomic mass is 10.2. The summed E-state index contributed by atoms with van der Waals surface area (Å²) in [6.07, 6.45) is -4.11. The van der Waals surface area contributed by atoms with Gasteiger partial charge in [0.15, 0.2) is 0 Å². The number of anilines is 1. The van der Waals surface area contributed by atoms with Gasteiger partial charge < -0.3 is 4.90 Å². The Morgan fingerprint density at radius 2 is 1.56 bits per heavy atom. The summed E-state index contributed by atoms with van der Waals surface area (Å²) < 4.78 is 36.7. The first kappa shape index (κ1) is 13.5. The van der Waals surface area contributed by atoms with Crippen LogP contribution >= 0.6 is 11.6 Å². The zero-order valence-electron chi connectivity index (χ0n) is 9.75. The number of rotatable bonds is 2. The summed E-state index contributed by atoms with van der Waals surface area (Å²) in [7, 11) is 0. The van der Waals surface area contributed by atoms with Gasteiger partial charge >= 0.3 is 6.18 Å². The molecule has 1 aromatic rings. The Morgan fingerprint density at radius 1 is 1.00 bits per heavy atom. The number of piperazine rings is 1. The molecule has 2 rings (SSSR count). The van der Waals surface area contributed by atoms with E-state index in [2.05, 4.69) is 4.90 Å². The summed E-state index contributed by atoms with van der Waals surface area (Å²) in [5.74, 6) is 0. The maximum absolute atomic E-state index is 12.2. The van der Waals surface area contributed by atoms with Crippen LogP contribution in [0.15, 0.2) is 24.3 Å². The highest BCUT2D eigenvalue weighted by atomic mass is 35.5. The summed E-state index contributed by atoms with van der Waals surface area (Å²) in [5.41, 5.74) is 1.01. The molecule has 0 radical (unpaired) electrons. The number of hydrogen-bond acceptors (Lipinski definition) is 2. The average molecular weight is 279 g/mol. The second kappa shape index (κ2) is 5.36. The van der Waals surface area contributed by atoms with E-state index in [4.69, 9.17) is 11.6 Å². The number of alkyl halides is 3. The molecule has 1 saturated heterocycles. The minimum atomic E-state index is -4.11. The van der Waals surface area contributed by atoms with Crippen molar-refractivity contribution in [1.29, 1.82) is 0 Å². The molecule has 0 spiro atoms. The lowest BCUT2D eigenvalue weighted by molar-refractivity contribution is -0.146. The summed E-state index contributed by atoms with van der Waals surface area (Å²) >= 11 is 5.79. The van der Waals surface area contributed by atoms with E-state index in [1.165, 1.54) is 4.90 Å². The molecule has 1 aromatic carbocycles.